The van der Waals surface area contributed by atoms with Gasteiger partial charge in [-0.25, -0.2) is 0 Å². The third kappa shape index (κ3) is 3.38. The first-order chi connectivity index (χ1) is 8.79. The number of nitrogens with one attached hydrogen (secondary N) is 1. The predicted octanol–water partition coefficient (Wildman–Crippen LogP) is 5.07. The van der Waals surface area contributed by atoms with Gasteiger partial charge in [-0.3, -0.25) is 0 Å². The lowest BCUT2D eigenvalue weighted by molar-refractivity contribution is 0.799. The summed E-state index contributed by atoms with van der Waals surface area (Å²) in [5.74, 6) is 0. The lowest BCUT2D eigenvalue weighted by Gasteiger charge is -2.19. The number of halogens is 1. The zero-order chi connectivity index (χ0) is 12.8. The largest absolute Gasteiger partial charge is 0.378 e. The third-order valence-electron chi connectivity index (χ3n) is 2.77. The fraction of sp³-hybridized carbons (Fsp3) is 0.125. The molecule has 18 heavy (non-hydrogen) atoms. The van der Waals surface area contributed by atoms with Crippen molar-refractivity contribution < 1.29 is 0 Å². The first-order valence-electron chi connectivity index (χ1n) is 5.97. The fourth-order valence-electron chi connectivity index (χ4n) is 1.90. The van der Waals surface area contributed by atoms with Gasteiger partial charge in [0.25, 0.3) is 0 Å². The molecule has 1 nitrogen and oxygen atoms in total. The highest BCUT2D eigenvalue weighted by atomic mass is 35.5. The second-order valence-electron chi connectivity index (χ2n) is 4.14. The van der Waals surface area contributed by atoms with Crippen molar-refractivity contribution >= 4 is 17.3 Å². The lowest BCUT2D eigenvalue weighted by atomic mass is 10.0. The first-order valence-corrected chi connectivity index (χ1v) is 6.35. The second kappa shape index (κ2) is 6.27. The van der Waals surface area contributed by atoms with Gasteiger partial charge in [0.05, 0.1) is 6.04 Å². The Kier molecular flexibility index (Phi) is 4.43. The van der Waals surface area contributed by atoms with Crippen LogP contribution in [0.3, 0.4) is 0 Å². The van der Waals surface area contributed by atoms with Crippen molar-refractivity contribution in [1.29, 1.82) is 0 Å². The van der Waals surface area contributed by atoms with Crippen LogP contribution in [0.25, 0.3) is 0 Å². The van der Waals surface area contributed by atoms with Gasteiger partial charge in [-0.1, -0.05) is 48.0 Å². The maximum Gasteiger partial charge on any atom is 0.0548 e. The van der Waals surface area contributed by atoms with Crippen LogP contribution in [0.1, 0.15) is 18.0 Å². The monoisotopic (exact) mass is 257 g/mol. The van der Waals surface area contributed by atoms with E-state index < -0.39 is 0 Å². The van der Waals surface area contributed by atoms with Crippen LogP contribution in [0, 0.1) is 0 Å². The Morgan fingerprint density at radius 1 is 1.11 bits per heavy atom. The van der Waals surface area contributed by atoms with Gasteiger partial charge in [0, 0.05) is 10.7 Å². The molecule has 1 atom stereocenters. The molecular formula is C16H16ClN. The standard InChI is InChI=1S/C16H16ClN/c1-2-7-16(13-8-6-9-14(17)12-13)18-15-10-4-3-5-11-15/h2-6,8-12,16,18H,1,7H2. The minimum Gasteiger partial charge on any atom is -0.378 e. The molecule has 1 N–H and O–H groups in total. The van der Waals surface area contributed by atoms with Gasteiger partial charge in [-0.2, -0.15) is 0 Å². The van der Waals surface area contributed by atoms with Gasteiger partial charge < -0.3 is 5.32 Å². The molecule has 0 aliphatic carbocycles. The molecule has 0 aliphatic rings. The molecule has 0 spiro atoms. The third-order valence-corrected chi connectivity index (χ3v) is 3.00. The minimum absolute atomic E-state index is 0.198. The summed E-state index contributed by atoms with van der Waals surface area (Å²) < 4.78 is 0. The molecule has 0 amide bonds. The summed E-state index contributed by atoms with van der Waals surface area (Å²) in [5.41, 5.74) is 2.27. The summed E-state index contributed by atoms with van der Waals surface area (Å²) in [6.45, 7) is 3.82. The van der Waals surface area contributed by atoms with Crippen LogP contribution in [0.5, 0.6) is 0 Å². The van der Waals surface area contributed by atoms with Crippen molar-refractivity contribution in [3.63, 3.8) is 0 Å². The van der Waals surface area contributed by atoms with Crippen molar-refractivity contribution in [2.45, 2.75) is 12.5 Å². The quantitative estimate of drug-likeness (QED) is 0.738. The zero-order valence-electron chi connectivity index (χ0n) is 10.1. The Labute approximate surface area is 113 Å². The average molecular weight is 258 g/mol. The highest BCUT2D eigenvalue weighted by molar-refractivity contribution is 6.30. The van der Waals surface area contributed by atoms with E-state index >= 15 is 0 Å². The second-order valence-corrected chi connectivity index (χ2v) is 4.58. The smallest absolute Gasteiger partial charge is 0.0548 e. The normalized spacial score (nSPS) is 11.8. The first kappa shape index (κ1) is 12.7. The van der Waals surface area contributed by atoms with Crippen LogP contribution in [0.15, 0.2) is 67.3 Å². The Morgan fingerprint density at radius 2 is 1.89 bits per heavy atom. The van der Waals surface area contributed by atoms with E-state index in [-0.39, 0.29) is 6.04 Å². The predicted molar refractivity (Wildman–Crippen MR) is 79.1 cm³/mol. The molecule has 2 rings (SSSR count). The molecule has 2 aromatic carbocycles. The minimum atomic E-state index is 0.198. The van der Waals surface area contributed by atoms with Gasteiger partial charge >= 0.3 is 0 Å². The zero-order valence-corrected chi connectivity index (χ0v) is 10.9. The Balaban J connectivity index is 2.20. The van der Waals surface area contributed by atoms with Crippen molar-refractivity contribution in [3.05, 3.63) is 77.8 Å². The van der Waals surface area contributed by atoms with E-state index in [1.54, 1.807) is 0 Å². The molecule has 0 radical (unpaired) electrons. The van der Waals surface area contributed by atoms with Gasteiger partial charge in [-0.05, 0) is 36.2 Å². The van der Waals surface area contributed by atoms with Crippen molar-refractivity contribution in [2.75, 3.05) is 5.32 Å². The van der Waals surface area contributed by atoms with Crippen molar-refractivity contribution in [2.24, 2.45) is 0 Å². The number of para-hydroxylation sites is 1. The van der Waals surface area contributed by atoms with Gasteiger partial charge in [0.1, 0.15) is 0 Å². The summed E-state index contributed by atoms with van der Waals surface area (Å²) in [7, 11) is 0. The van der Waals surface area contributed by atoms with Crippen LogP contribution < -0.4 is 5.32 Å². The molecule has 0 heterocycles. The number of hydrogen-bond donors (Lipinski definition) is 1. The lowest BCUT2D eigenvalue weighted by Crippen LogP contribution is -2.09. The Morgan fingerprint density at radius 3 is 2.56 bits per heavy atom. The molecular weight excluding hydrogens is 242 g/mol. The molecule has 0 saturated carbocycles. The number of rotatable bonds is 5. The fourth-order valence-corrected chi connectivity index (χ4v) is 2.10. The molecule has 0 aliphatic heterocycles. The summed E-state index contributed by atoms with van der Waals surface area (Å²) in [6, 6.07) is 18.3. The van der Waals surface area contributed by atoms with E-state index in [0.29, 0.717) is 0 Å². The number of hydrogen-bond acceptors (Lipinski definition) is 1. The number of anilines is 1. The average Bonchev–Trinajstić information content (AvgIpc) is 2.39. The summed E-state index contributed by atoms with van der Waals surface area (Å²) >= 11 is 6.04. The maximum atomic E-state index is 6.04. The molecule has 0 bridgehead atoms. The summed E-state index contributed by atoms with van der Waals surface area (Å²) in [5, 5.41) is 4.25. The molecule has 1 unspecified atom stereocenters. The maximum absolute atomic E-state index is 6.04. The van der Waals surface area contributed by atoms with Gasteiger partial charge in [-0.15, -0.1) is 6.58 Å². The van der Waals surface area contributed by atoms with E-state index in [4.69, 9.17) is 11.6 Å². The van der Waals surface area contributed by atoms with Gasteiger partial charge in [0.2, 0.25) is 0 Å². The van der Waals surface area contributed by atoms with E-state index in [1.165, 1.54) is 5.56 Å². The Hall–Kier alpha value is -1.73. The molecule has 92 valence electrons. The topological polar surface area (TPSA) is 12.0 Å². The summed E-state index contributed by atoms with van der Waals surface area (Å²) in [6.07, 6.45) is 2.77. The van der Waals surface area contributed by atoms with Crippen LogP contribution in [0.2, 0.25) is 5.02 Å². The van der Waals surface area contributed by atoms with E-state index in [0.717, 1.165) is 17.1 Å². The van der Waals surface area contributed by atoms with Gasteiger partial charge in [0.15, 0.2) is 0 Å². The van der Waals surface area contributed by atoms with E-state index in [2.05, 4.69) is 30.1 Å². The van der Waals surface area contributed by atoms with Crippen LogP contribution >= 0.6 is 11.6 Å². The Bertz CT molecular complexity index is 508. The SMILES string of the molecule is C=CCC(Nc1ccccc1)c1cccc(Cl)c1. The summed E-state index contributed by atoms with van der Waals surface area (Å²) in [4.78, 5) is 0. The molecule has 0 saturated heterocycles. The molecule has 0 fully saturated rings. The van der Waals surface area contributed by atoms with E-state index in [9.17, 15) is 0 Å². The van der Waals surface area contributed by atoms with E-state index in [1.807, 2.05) is 42.5 Å². The van der Waals surface area contributed by atoms with Crippen molar-refractivity contribution in [1.82, 2.24) is 0 Å². The van der Waals surface area contributed by atoms with Crippen LogP contribution in [-0.2, 0) is 0 Å². The van der Waals surface area contributed by atoms with Crippen LogP contribution in [0.4, 0.5) is 5.69 Å². The molecule has 0 aromatic heterocycles. The number of benzene rings is 2. The highest BCUT2D eigenvalue weighted by Crippen LogP contribution is 2.25. The highest BCUT2D eigenvalue weighted by Gasteiger charge is 2.09. The van der Waals surface area contributed by atoms with Crippen LogP contribution in [-0.4, -0.2) is 0 Å². The molecule has 2 aromatic rings. The molecule has 2 heteroatoms. The van der Waals surface area contributed by atoms with Crippen molar-refractivity contribution in [3.8, 4) is 0 Å².